The van der Waals surface area contributed by atoms with E-state index in [-0.39, 0.29) is 11.5 Å². The molecule has 9 heteroatoms. The molecule has 0 unspecified atom stereocenters. The lowest BCUT2D eigenvalue weighted by atomic mass is 10.4. The maximum atomic E-state index is 10.8. The van der Waals surface area contributed by atoms with Gasteiger partial charge in [0, 0.05) is 19.3 Å². The van der Waals surface area contributed by atoms with Crippen LogP contribution in [0.5, 0.6) is 0 Å². The number of sulfonamides is 1. The molecule has 1 aromatic rings. The van der Waals surface area contributed by atoms with Crippen molar-refractivity contribution >= 4 is 33.2 Å². The van der Waals surface area contributed by atoms with Gasteiger partial charge in [-0.25, -0.2) is 23.1 Å². The van der Waals surface area contributed by atoms with Crippen molar-refractivity contribution in [1.29, 1.82) is 0 Å². The molecular weight excluding hydrogens is 262 g/mol. The van der Waals surface area contributed by atoms with Crippen LogP contribution < -0.4 is 15.8 Å². The first kappa shape index (κ1) is 13.7. The first-order valence-electron chi connectivity index (χ1n) is 4.70. The van der Waals surface area contributed by atoms with Gasteiger partial charge in [0.25, 0.3) is 0 Å². The van der Waals surface area contributed by atoms with Crippen LogP contribution >= 0.6 is 12.2 Å². The van der Waals surface area contributed by atoms with Gasteiger partial charge in [-0.15, -0.1) is 0 Å². The van der Waals surface area contributed by atoms with Crippen molar-refractivity contribution in [3.05, 3.63) is 18.0 Å². The number of aromatic nitrogens is 2. The lowest BCUT2D eigenvalue weighted by Gasteiger charge is -2.06. The third-order valence-electron chi connectivity index (χ3n) is 1.68. The van der Waals surface area contributed by atoms with Crippen molar-refractivity contribution in [2.24, 2.45) is 5.73 Å². The summed E-state index contributed by atoms with van der Waals surface area (Å²) in [6, 6.07) is 1.60. The van der Waals surface area contributed by atoms with Crippen LogP contribution in [0, 0.1) is 0 Å². The molecule has 0 aliphatic heterocycles. The molecule has 1 heterocycles. The van der Waals surface area contributed by atoms with E-state index in [9.17, 15) is 8.42 Å². The second-order valence-corrected chi connectivity index (χ2v) is 5.50. The van der Waals surface area contributed by atoms with Gasteiger partial charge in [0.15, 0.2) is 0 Å². The monoisotopic (exact) mass is 275 g/mol. The lowest BCUT2D eigenvalue weighted by molar-refractivity contribution is 0.589. The number of thiocarbonyl (C=S) groups is 1. The van der Waals surface area contributed by atoms with Gasteiger partial charge in [-0.3, -0.25) is 0 Å². The summed E-state index contributed by atoms with van der Waals surface area (Å²) in [5.74, 6) is 0.352. The molecule has 1 rings (SSSR count). The van der Waals surface area contributed by atoms with Crippen molar-refractivity contribution in [2.75, 3.05) is 24.7 Å². The Hall–Kier alpha value is -1.32. The van der Waals surface area contributed by atoms with Crippen molar-refractivity contribution in [2.45, 2.75) is 0 Å². The Labute approximate surface area is 105 Å². The van der Waals surface area contributed by atoms with E-state index < -0.39 is 10.0 Å². The quantitative estimate of drug-likeness (QED) is 0.454. The Bertz CT molecular complexity index is 502. The molecule has 0 aromatic carbocycles. The summed E-state index contributed by atoms with van der Waals surface area (Å²) >= 11 is 4.77. The molecule has 0 radical (unpaired) electrons. The second kappa shape index (κ2) is 5.84. The lowest BCUT2D eigenvalue weighted by Crippen LogP contribution is -2.28. The molecule has 0 spiro atoms. The minimum Gasteiger partial charge on any atom is -0.388 e. The average Bonchev–Trinajstić information content (AvgIpc) is 2.23. The summed E-state index contributed by atoms with van der Waals surface area (Å²) in [5, 5.41) is 2.85. The number of nitrogens with one attached hydrogen (secondary N) is 2. The van der Waals surface area contributed by atoms with Crippen molar-refractivity contribution in [1.82, 2.24) is 14.7 Å². The number of nitrogens with zero attached hydrogens (tertiary/aromatic N) is 2. The summed E-state index contributed by atoms with van der Waals surface area (Å²) in [7, 11) is -3.17. The maximum Gasteiger partial charge on any atom is 0.223 e. The number of anilines is 1. The van der Waals surface area contributed by atoms with Gasteiger partial charge in [0.05, 0.1) is 6.26 Å². The average molecular weight is 275 g/mol. The summed E-state index contributed by atoms with van der Waals surface area (Å²) in [5.41, 5.74) is 5.88. The van der Waals surface area contributed by atoms with Crippen molar-refractivity contribution in [3.63, 3.8) is 0 Å². The third kappa shape index (κ3) is 5.52. The standard InChI is InChI=1S/C8H13N5O2S2/c1-17(14,15)12-5-4-11-8-10-3-2-6(13-8)7(9)16/h2-3,12H,4-5H2,1H3,(H2,9,16)(H,10,11,13). The van der Waals surface area contributed by atoms with E-state index in [0.717, 1.165) is 6.26 Å². The molecule has 0 bridgehead atoms. The Balaban J connectivity index is 2.47. The van der Waals surface area contributed by atoms with E-state index in [1.807, 2.05) is 0 Å². The van der Waals surface area contributed by atoms with Crippen LogP contribution in [0.1, 0.15) is 5.69 Å². The minimum absolute atomic E-state index is 0.185. The van der Waals surface area contributed by atoms with Crippen LogP contribution in [0.4, 0.5) is 5.95 Å². The highest BCUT2D eigenvalue weighted by molar-refractivity contribution is 7.88. The van der Waals surface area contributed by atoms with Crippen LogP contribution in [-0.2, 0) is 10.0 Å². The molecule has 0 aliphatic rings. The van der Waals surface area contributed by atoms with Crippen LogP contribution in [-0.4, -0.2) is 42.7 Å². The molecule has 17 heavy (non-hydrogen) atoms. The molecule has 0 atom stereocenters. The first-order chi connectivity index (χ1) is 7.88. The summed E-state index contributed by atoms with van der Waals surface area (Å²) < 4.78 is 23.9. The van der Waals surface area contributed by atoms with Gasteiger partial charge in [-0.2, -0.15) is 0 Å². The van der Waals surface area contributed by atoms with Crippen LogP contribution in [0.3, 0.4) is 0 Å². The van der Waals surface area contributed by atoms with E-state index in [1.54, 1.807) is 6.07 Å². The highest BCUT2D eigenvalue weighted by Gasteiger charge is 2.02. The highest BCUT2D eigenvalue weighted by atomic mass is 32.2. The fraction of sp³-hybridized carbons (Fsp3) is 0.375. The molecule has 0 fully saturated rings. The van der Waals surface area contributed by atoms with Gasteiger partial charge in [-0.1, -0.05) is 12.2 Å². The normalized spacial score (nSPS) is 11.1. The minimum atomic E-state index is -3.17. The zero-order chi connectivity index (χ0) is 12.9. The van der Waals surface area contributed by atoms with E-state index in [0.29, 0.717) is 18.2 Å². The van der Waals surface area contributed by atoms with Gasteiger partial charge in [0.2, 0.25) is 16.0 Å². The molecule has 94 valence electrons. The topological polar surface area (TPSA) is 110 Å². The third-order valence-corrected chi connectivity index (χ3v) is 2.62. The highest BCUT2D eigenvalue weighted by Crippen LogP contribution is 1.99. The Morgan fingerprint density at radius 2 is 2.24 bits per heavy atom. The second-order valence-electron chi connectivity index (χ2n) is 3.22. The Kier molecular flexibility index (Phi) is 4.73. The summed E-state index contributed by atoms with van der Waals surface area (Å²) in [6.07, 6.45) is 2.62. The zero-order valence-electron chi connectivity index (χ0n) is 9.17. The van der Waals surface area contributed by atoms with Crippen LogP contribution in [0.2, 0.25) is 0 Å². The molecule has 0 saturated carbocycles. The Morgan fingerprint density at radius 1 is 1.53 bits per heavy atom. The van der Waals surface area contributed by atoms with Gasteiger partial charge < -0.3 is 11.1 Å². The SMILES string of the molecule is CS(=O)(=O)NCCNc1nccc(C(N)=S)n1. The van der Waals surface area contributed by atoms with Crippen LogP contribution in [0.15, 0.2) is 12.3 Å². The largest absolute Gasteiger partial charge is 0.388 e. The molecule has 1 aromatic heterocycles. The molecular formula is C8H13N5O2S2. The number of hydrogen-bond donors (Lipinski definition) is 3. The van der Waals surface area contributed by atoms with E-state index in [4.69, 9.17) is 18.0 Å². The summed E-state index contributed by atoms with van der Waals surface area (Å²) in [6.45, 7) is 0.618. The van der Waals surface area contributed by atoms with E-state index in [1.165, 1.54) is 6.20 Å². The zero-order valence-corrected chi connectivity index (χ0v) is 10.8. The number of hydrogen-bond acceptors (Lipinski definition) is 6. The molecule has 7 nitrogen and oxygen atoms in total. The predicted molar refractivity (Wildman–Crippen MR) is 69.3 cm³/mol. The van der Waals surface area contributed by atoms with Gasteiger partial charge >= 0.3 is 0 Å². The van der Waals surface area contributed by atoms with Crippen molar-refractivity contribution < 1.29 is 8.42 Å². The van der Waals surface area contributed by atoms with Crippen LogP contribution in [0.25, 0.3) is 0 Å². The van der Waals surface area contributed by atoms with E-state index in [2.05, 4.69) is 20.0 Å². The molecule has 0 aliphatic carbocycles. The fourth-order valence-corrected chi connectivity index (χ4v) is 1.58. The Morgan fingerprint density at radius 3 is 2.82 bits per heavy atom. The number of nitrogens with two attached hydrogens (primary N) is 1. The van der Waals surface area contributed by atoms with Crippen molar-refractivity contribution in [3.8, 4) is 0 Å². The van der Waals surface area contributed by atoms with Gasteiger partial charge in [0.1, 0.15) is 10.7 Å². The molecule has 0 saturated heterocycles. The number of rotatable bonds is 6. The summed E-state index contributed by atoms with van der Waals surface area (Å²) in [4.78, 5) is 8.17. The predicted octanol–water partition coefficient (Wildman–Crippen LogP) is -0.928. The fourth-order valence-electron chi connectivity index (χ4n) is 0.992. The first-order valence-corrected chi connectivity index (χ1v) is 7.00. The maximum absolute atomic E-state index is 10.8. The molecule has 4 N–H and O–H groups in total. The van der Waals surface area contributed by atoms with E-state index >= 15 is 0 Å². The smallest absolute Gasteiger partial charge is 0.223 e. The molecule has 0 amide bonds. The van der Waals surface area contributed by atoms with Gasteiger partial charge in [-0.05, 0) is 6.07 Å².